The van der Waals surface area contributed by atoms with Gasteiger partial charge in [0.15, 0.2) is 17.3 Å². The molecule has 1 aliphatic heterocycles. The van der Waals surface area contributed by atoms with Crippen LogP contribution in [0.1, 0.15) is 73.7 Å². The van der Waals surface area contributed by atoms with Crippen molar-refractivity contribution in [1.29, 1.82) is 0 Å². The quantitative estimate of drug-likeness (QED) is 0.169. The van der Waals surface area contributed by atoms with Crippen LogP contribution < -0.4 is 4.74 Å². The molecule has 3 aromatic heterocycles. The van der Waals surface area contributed by atoms with Gasteiger partial charge in [-0.05, 0) is 86.8 Å². The van der Waals surface area contributed by atoms with Crippen LogP contribution in [-0.4, -0.2) is 36.9 Å². The van der Waals surface area contributed by atoms with E-state index in [1.165, 1.54) is 11.3 Å². The number of benzene rings is 1. The molecule has 0 radical (unpaired) electrons. The molecule has 4 heterocycles. The summed E-state index contributed by atoms with van der Waals surface area (Å²) >= 11 is 1.46. The zero-order valence-corrected chi connectivity index (χ0v) is 24.7. The second-order valence-corrected chi connectivity index (χ2v) is 12.4. The maximum Gasteiger partial charge on any atom is 0.317 e. The van der Waals surface area contributed by atoms with Gasteiger partial charge in [0.25, 0.3) is 5.19 Å². The Morgan fingerprint density at radius 2 is 1.98 bits per heavy atom. The lowest BCUT2D eigenvalue weighted by atomic mass is 9.73. The van der Waals surface area contributed by atoms with E-state index in [0.717, 1.165) is 72.3 Å². The van der Waals surface area contributed by atoms with Gasteiger partial charge in [-0.15, -0.1) is 0 Å². The Hall–Kier alpha value is -3.59. The molecule has 0 amide bonds. The summed E-state index contributed by atoms with van der Waals surface area (Å²) < 4.78 is 14.1. The Kier molecular flexibility index (Phi) is 7.64. The number of Topliss-reactive ketones (excluding diaryl/α,β-unsaturated/α-hetero) is 1. The largest absolute Gasteiger partial charge is 0.458 e. The number of carbonyl (C=O) groups is 2. The zero-order chi connectivity index (χ0) is 28.6. The molecule has 4 aromatic rings. The van der Waals surface area contributed by atoms with Crippen LogP contribution in [0.4, 0.5) is 0 Å². The van der Waals surface area contributed by atoms with Crippen molar-refractivity contribution >= 4 is 28.7 Å². The van der Waals surface area contributed by atoms with E-state index in [9.17, 15) is 9.59 Å². The lowest BCUT2D eigenvalue weighted by Crippen LogP contribution is -2.52. The van der Waals surface area contributed by atoms with Crippen LogP contribution in [0, 0.1) is 25.7 Å². The molecule has 2 aliphatic rings. The number of esters is 1. The fourth-order valence-electron chi connectivity index (χ4n) is 6.58. The Morgan fingerprint density at radius 1 is 1.15 bits per heavy atom. The number of carbonyl (C=O) groups excluding carboxylic acids is 2. The summed E-state index contributed by atoms with van der Waals surface area (Å²) in [4.78, 5) is 36.0. The Bertz CT molecular complexity index is 1550. The molecule has 9 heteroatoms. The predicted octanol–water partition coefficient (Wildman–Crippen LogP) is 6.39. The number of aryl methyl sites for hydroxylation is 4. The number of thiazole rings is 1. The molecule has 2 unspecified atom stereocenters. The van der Waals surface area contributed by atoms with Crippen molar-refractivity contribution in [2.24, 2.45) is 11.8 Å². The first-order valence-corrected chi connectivity index (χ1v) is 15.5. The van der Waals surface area contributed by atoms with Crippen molar-refractivity contribution in [1.82, 2.24) is 19.6 Å². The standard InChI is InChI=1S/C32H36N4O4S/c1-4-23-17-22(9-10-27(23)39-31-33-13-14-41-31)11-12-32(24-7-5-6-8-24)19-26(37)25(30(38)40-32)18-28-34-29-16-20(2)15-21(3)36(29)35-28/h9-10,13-17,24-25H,4-8,11-12,18-19H2,1-3H3. The second kappa shape index (κ2) is 11.4. The molecular formula is C32H36N4O4S. The monoisotopic (exact) mass is 572 g/mol. The summed E-state index contributed by atoms with van der Waals surface area (Å²) in [6.45, 7) is 6.09. The summed E-state index contributed by atoms with van der Waals surface area (Å²) in [5.41, 5.74) is 4.28. The zero-order valence-electron chi connectivity index (χ0n) is 23.9. The molecule has 2 atom stereocenters. The fourth-order valence-corrected chi connectivity index (χ4v) is 7.08. The number of aromatic nitrogens is 4. The van der Waals surface area contributed by atoms with Crippen molar-refractivity contribution in [2.45, 2.75) is 84.2 Å². The first-order chi connectivity index (χ1) is 19.8. The second-order valence-electron chi connectivity index (χ2n) is 11.5. The number of nitrogens with zero attached hydrogens (tertiary/aromatic N) is 4. The molecule has 2 fully saturated rings. The maximum absolute atomic E-state index is 13.6. The third-order valence-electron chi connectivity index (χ3n) is 8.69. The summed E-state index contributed by atoms with van der Waals surface area (Å²) in [7, 11) is 0. The van der Waals surface area contributed by atoms with Gasteiger partial charge in [0.2, 0.25) is 0 Å². The molecule has 0 bridgehead atoms. The molecular weight excluding hydrogens is 536 g/mol. The van der Waals surface area contributed by atoms with Gasteiger partial charge in [0.05, 0.1) is 0 Å². The van der Waals surface area contributed by atoms with Crippen molar-refractivity contribution in [3.05, 3.63) is 70.1 Å². The molecule has 0 spiro atoms. The van der Waals surface area contributed by atoms with Crippen molar-refractivity contribution in [2.75, 3.05) is 0 Å². The van der Waals surface area contributed by atoms with E-state index in [4.69, 9.17) is 9.47 Å². The van der Waals surface area contributed by atoms with Crippen molar-refractivity contribution < 1.29 is 19.1 Å². The minimum Gasteiger partial charge on any atom is -0.458 e. The van der Waals surface area contributed by atoms with Crippen LogP contribution in [0.3, 0.4) is 0 Å². The van der Waals surface area contributed by atoms with Gasteiger partial charge in [0, 0.05) is 30.1 Å². The number of pyridine rings is 1. The first kappa shape index (κ1) is 27.6. The number of rotatable bonds is 9. The van der Waals surface area contributed by atoms with Gasteiger partial charge >= 0.3 is 5.97 Å². The average Bonchev–Trinajstić information content (AvgIpc) is 3.73. The van der Waals surface area contributed by atoms with E-state index >= 15 is 0 Å². The normalized spacial score (nSPS) is 21.5. The summed E-state index contributed by atoms with van der Waals surface area (Å²) in [6, 6.07) is 10.2. The van der Waals surface area contributed by atoms with Crippen LogP contribution in [-0.2, 0) is 33.6 Å². The highest BCUT2D eigenvalue weighted by atomic mass is 32.1. The Balaban J connectivity index is 1.19. The van der Waals surface area contributed by atoms with Crippen LogP contribution in [0.5, 0.6) is 10.9 Å². The minimum absolute atomic E-state index is 0.0543. The molecule has 8 nitrogen and oxygen atoms in total. The lowest BCUT2D eigenvalue weighted by Gasteiger charge is -2.43. The van der Waals surface area contributed by atoms with Crippen LogP contribution in [0.25, 0.3) is 5.65 Å². The molecule has 1 aliphatic carbocycles. The van der Waals surface area contributed by atoms with Gasteiger partial charge in [-0.3, -0.25) is 9.59 Å². The van der Waals surface area contributed by atoms with Gasteiger partial charge in [-0.2, -0.15) is 5.10 Å². The van der Waals surface area contributed by atoms with Gasteiger partial charge in [-0.25, -0.2) is 14.5 Å². The molecule has 1 aromatic carbocycles. The highest BCUT2D eigenvalue weighted by Gasteiger charge is 2.51. The number of hydrogen-bond donors (Lipinski definition) is 0. The SMILES string of the molecule is CCc1cc(CCC2(C3CCCC3)CC(=O)C(Cc3nc4cc(C)cc(C)n4n3)C(=O)O2)ccc1Oc1nccs1. The van der Waals surface area contributed by atoms with Crippen molar-refractivity contribution in [3.8, 4) is 10.9 Å². The highest BCUT2D eigenvalue weighted by Crippen LogP contribution is 2.45. The number of ketones is 1. The van der Waals surface area contributed by atoms with E-state index in [-0.39, 0.29) is 24.5 Å². The Labute approximate surface area is 244 Å². The molecule has 1 saturated heterocycles. The number of cyclic esters (lactones) is 1. The fraction of sp³-hybridized carbons (Fsp3) is 0.469. The van der Waals surface area contributed by atoms with Gasteiger partial charge in [-0.1, -0.05) is 43.2 Å². The van der Waals surface area contributed by atoms with E-state index < -0.39 is 17.5 Å². The molecule has 0 N–H and O–H groups in total. The van der Waals surface area contributed by atoms with E-state index in [1.54, 1.807) is 10.7 Å². The van der Waals surface area contributed by atoms with Crippen LogP contribution in [0.15, 0.2) is 41.9 Å². The van der Waals surface area contributed by atoms with E-state index in [2.05, 4.69) is 34.1 Å². The smallest absolute Gasteiger partial charge is 0.317 e. The summed E-state index contributed by atoms with van der Waals surface area (Å²) in [5, 5.41) is 7.10. The van der Waals surface area contributed by atoms with Crippen molar-refractivity contribution in [3.63, 3.8) is 0 Å². The summed E-state index contributed by atoms with van der Waals surface area (Å²) in [5.74, 6) is 0.160. The summed E-state index contributed by atoms with van der Waals surface area (Å²) in [6.07, 6.45) is 8.51. The number of fused-ring (bicyclic) bond motifs is 1. The van der Waals surface area contributed by atoms with E-state index in [1.807, 2.05) is 37.4 Å². The number of hydrogen-bond acceptors (Lipinski definition) is 8. The lowest BCUT2D eigenvalue weighted by molar-refractivity contribution is -0.185. The van der Waals surface area contributed by atoms with Crippen LogP contribution >= 0.6 is 11.3 Å². The number of ether oxygens (including phenoxy) is 2. The maximum atomic E-state index is 13.6. The third kappa shape index (κ3) is 5.64. The molecule has 41 heavy (non-hydrogen) atoms. The molecule has 214 valence electrons. The topological polar surface area (TPSA) is 95.7 Å². The average molecular weight is 573 g/mol. The minimum atomic E-state index is -0.864. The molecule has 6 rings (SSSR count). The van der Waals surface area contributed by atoms with E-state index in [0.29, 0.717) is 17.4 Å². The Morgan fingerprint density at radius 3 is 2.71 bits per heavy atom. The highest BCUT2D eigenvalue weighted by molar-refractivity contribution is 7.11. The van der Waals surface area contributed by atoms with Crippen LogP contribution in [0.2, 0.25) is 0 Å². The molecule has 1 saturated carbocycles. The predicted molar refractivity (Wildman–Crippen MR) is 156 cm³/mol. The van der Waals surface area contributed by atoms with Gasteiger partial charge < -0.3 is 9.47 Å². The first-order valence-electron chi connectivity index (χ1n) is 14.6. The van der Waals surface area contributed by atoms with Gasteiger partial charge in [0.1, 0.15) is 17.3 Å². The third-order valence-corrected chi connectivity index (χ3v) is 9.34.